The van der Waals surface area contributed by atoms with Gasteiger partial charge in [0, 0.05) is 0 Å². The first-order valence-electron chi connectivity index (χ1n) is 6.61. The van der Waals surface area contributed by atoms with E-state index >= 15 is 0 Å². The van der Waals surface area contributed by atoms with Crippen LogP contribution in [0.1, 0.15) is 37.3 Å². The van der Waals surface area contributed by atoms with Crippen LogP contribution in [-0.2, 0) is 14.8 Å². The fourth-order valence-corrected chi connectivity index (χ4v) is 3.81. The summed E-state index contributed by atoms with van der Waals surface area (Å²) in [6.45, 7) is 5.33. The molecule has 6 heteroatoms. The molecule has 2 N–H and O–H groups in total. The number of hydrogen-bond donors (Lipinski definition) is 2. The monoisotopic (exact) mass is 299 g/mol. The second-order valence-electron chi connectivity index (χ2n) is 4.88. The maximum atomic E-state index is 12.4. The van der Waals surface area contributed by atoms with E-state index in [1.807, 2.05) is 6.92 Å². The van der Waals surface area contributed by atoms with Crippen LogP contribution < -0.4 is 4.72 Å². The van der Waals surface area contributed by atoms with E-state index in [4.69, 9.17) is 5.11 Å². The molecule has 0 radical (unpaired) electrons. The summed E-state index contributed by atoms with van der Waals surface area (Å²) in [6, 6.07) is 4.08. The van der Waals surface area contributed by atoms with Crippen LogP contribution in [0.2, 0.25) is 0 Å². The van der Waals surface area contributed by atoms with Crippen LogP contribution in [0.25, 0.3) is 0 Å². The highest BCUT2D eigenvalue weighted by Crippen LogP contribution is 2.20. The third kappa shape index (κ3) is 4.05. The van der Waals surface area contributed by atoms with Gasteiger partial charge in [0.05, 0.1) is 4.90 Å². The van der Waals surface area contributed by atoms with E-state index in [2.05, 4.69) is 4.72 Å². The van der Waals surface area contributed by atoms with Gasteiger partial charge in [0.1, 0.15) is 6.04 Å². The van der Waals surface area contributed by atoms with E-state index in [1.165, 1.54) is 0 Å². The zero-order valence-corrected chi connectivity index (χ0v) is 12.8. The Morgan fingerprint density at radius 1 is 1.30 bits per heavy atom. The van der Waals surface area contributed by atoms with Gasteiger partial charge in [-0.25, -0.2) is 8.42 Å². The summed E-state index contributed by atoms with van der Waals surface area (Å²) >= 11 is 0. The first kappa shape index (κ1) is 16.7. The summed E-state index contributed by atoms with van der Waals surface area (Å²) < 4.78 is 27.1. The van der Waals surface area contributed by atoms with Crippen LogP contribution >= 0.6 is 0 Å². The molecule has 0 aromatic heterocycles. The van der Waals surface area contributed by atoms with Crippen molar-refractivity contribution in [1.29, 1.82) is 0 Å². The molecule has 0 aliphatic rings. The molecule has 112 valence electrons. The molecule has 1 aromatic rings. The lowest BCUT2D eigenvalue weighted by Gasteiger charge is -2.17. The Morgan fingerprint density at radius 2 is 1.85 bits per heavy atom. The molecule has 0 saturated heterocycles. The number of rotatable bonds is 7. The topological polar surface area (TPSA) is 83.5 Å². The summed E-state index contributed by atoms with van der Waals surface area (Å²) in [4.78, 5) is 11.3. The van der Waals surface area contributed by atoms with E-state index in [-0.39, 0.29) is 11.3 Å². The number of carboxylic acid groups (broad SMARTS) is 1. The predicted molar refractivity (Wildman–Crippen MR) is 77.2 cm³/mol. The van der Waals surface area contributed by atoms with Crippen molar-refractivity contribution in [2.75, 3.05) is 0 Å². The van der Waals surface area contributed by atoms with Crippen molar-refractivity contribution < 1.29 is 18.3 Å². The first-order chi connectivity index (χ1) is 9.29. The Hall–Kier alpha value is -1.40. The highest BCUT2D eigenvalue weighted by Gasteiger charge is 2.26. The van der Waals surface area contributed by atoms with Crippen molar-refractivity contribution >= 4 is 16.0 Å². The Kier molecular flexibility index (Phi) is 5.71. The fraction of sp³-hybridized carbons (Fsp3) is 0.500. The second-order valence-corrected chi connectivity index (χ2v) is 6.53. The maximum absolute atomic E-state index is 12.4. The molecule has 1 rings (SSSR count). The average Bonchev–Trinajstić information content (AvgIpc) is 2.33. The van der Waals surface area contributed by atoms with Crippen LogP contribution in [0.5, 0.6) is 0 Å². The smallest absolute Gasteiger partial charge is 0.321 e. The number of hydrogen-bond acceptors (Lipinski definition) is 3. The second kappa shape index (κ2) is 6.85. The van der Waals surface area contributed by atoms with Crippen molar-refractivity contribution in [3.8, 4) is 0 Å². The molecule has 0 bridgehead atoms. The quantitative estimate of drug-likeness (QED) is 0.808. The molecule has 0 saturated carbocycles. The molecular weight excluding hydrogens is 278 g/mol. The van der Waals surface area contributed by atoms with Gasteiger partial charge in [0.15, 0.2) is 0 Å². The largest absolute Gasteiger partial charge is 0.480 e. The number of unbranched alkanes of at least 4 members (excludes halogenated alkanes) is 1. The van der Waals surface area contributed by atoms with Gasteiger partial charge in [-0.3, -0.25) is 4.79 Å². The number of nitrogens with one attached hydrogen (secondary N) is 1. The number of sulfonamides is 1. The molecule has 0 aliphatic carbocycles. The molecule has 1 aromatic carbocycles. The Labute approximate surface area is 120 Å². The van der Waals surface area contributed by atoms with Crippen molar-refractivity contribution in [1.82, 2.24) is 4.72 Å². The minimum Gasteiger partial charge on any atom is -0.480 e. The van der Waals surface area contributed by atoms with Crippen LogP contribution in [0.3, 0.4) is 0 Å². The lowest BCUT2D eigenvalue weighted by Crippen LogP contribution is -2.41. The zero-order valence-electron chi connectivity index (χ0n) is 12.0. The SMILES string of the molecule is CCCCC(NS(=O)(=O)c1c(C)cccc1C)C(=O)O. The average molecular weight is 299 g/mol. The van der Waals surface area contributed by atoms with Gasteiger partial charge in [-0.2, -0.15) is 4.72 Å². The van der Waals surface area contributed by atoms with Crippen LogP contribution in [0.15, 0.2) is 23.1 Å². The van der Waals surface area contributed by atoms with Gasteiger partial charge in [0.2, 0.25) is 10.0 Å². The van der Waals surface area contributed by atoms with Gasteiger partial charge in [0.25, 0.3) is 0 Å². The molecule has 0 amide bonds. The summed E-state index contributed by atoms with van der Waals surface area (Å²) in [5.41, 5.74) is 1.22. The maximum Gasteiger partial charge on any atom is 0.321 e. The minimum absolute atomic E-state index is 0.169. The van der Waals surface area contributed by atoms with Gasteiger partial charge in [-0.05, 0) is 31.4 Å². The molecular formula is C14H21NO4S. The Balaban J connectivity index is 3.07. The Bertz CT molecular complexity index is 561. The van der Waals surface area contributed by atoms with E-state index in [1.54, 1.807) is 32.0 Å². The van der Waals surface area contributed by atoms with Gasteiger partial charge in [-0.15, -0.1) is 0 Å². The molecule has 0 aliphatic heterocycles. The lowest BCUT2D eigenvalue weighted by atomic mass is 10.1. The van der Waals surface area contributed by atoms with Crippen LogP contribution in [0.4, 0.5) is 0 Å². The standard InChI is InChI=1S/C14H21NO4S/c1-4-5-9-12(14(16)17)15-20(18,19)13-10(2)7-6-8-11(13)3/h6-8,12,15H,4-5,9H2,1-3H3,(H,16,17). The highest BCUT2D eigenvalue weighted by molar-refractivity contribution is 7.89. The Morgan fingerprint density at radius 3 is 2.30 bits per heavy atom. The molecule has 0 heterocycles. The first-order valence-corrected chi connectivity index (χ1v) is 8.09. The van der Waals surface area contributed by atoms with Crippen molar-refractivity contribution in [2.45, 2.75) is 51.0 Å². The van der Waals surface area contributed by atoms with Gasteiger partial charge in [-0.1, -0.05) is 38.0 Å². The highest BCUT2D eigenvalue weighted by atomic mass is 32.2. The van der Waals surface area contributed by atoms with E-state index < -0.39 is 22.0 Å². The van der Waals surface area contributed by atoms with Crippen molar-refractivity contribution in [3.63, 3.8) is 0 Å². The van der Waals surface area contributed by atoms with Gasteiger partial charge < -0.3 is 5.11 Å². The predicted octanol–water partition coefficient (Wildman–Crippen LogP) is 2.23. The molecule has 0 spiro atoms. The molecule has 1 atom stereocenters. The molecule has 0 fully saturated rings. The number of aliphatic carboxylic acids is 1. The summed E-state index contributed by atoms with van der Waals surface area (Å²) in [5, 5.41) is 9.12. The number of carboxylic acids is 1. The number of carbonyl (C=O) groups is 1. The zero-order chi connectivity index (χ0) is 15.3. The summed E-state index contributed by atoms with van der Waals surface area (Å²) in [5.74, 6) is -1.15. The minimum atomic E-state index is -3.83. The summed E-state index contributed by atoms with van der Waals surface area (Å²) in [7, 11) is -3.83. The number of aryl methyl sites for hydroxylation is 2. The molecule has 5 nitrogen and oxygen atoms in total. The van der Waals surface area contributed by atoms with Gasteiger partial charge >= 0.3 is 5.97 Å². The van der Waals surface area contributed by atoms with E-state index in [0.717, 1.165) is 6.42 Å². The van der Waals surface area contributed by atoms with Crippen molar-refractivity contribution in [3.05, 3.63) is 29.3 Å². The van der Waals surface area contributed by atoms with Crippen LogP contribution in [-0.4, -0.2) is 25.5 Å². The van der Waals surface area contributed by atoms with Crippen molar-refractivity contribution in [2.24, 2.45) is 0 Å². The fourth-order valence-electron chi connectivity index (χ4n) is 2.11. The molecule has 1 unspecified atom stereocenters. The third-order valence-electron chi connectivity index (χ3n) is 3.12. The summed E-state index contributed by atoms with van der Waals surface area (Å²) in [6.07, 6.45) is 1.76. The third-order valence-corrected chi connectivity index (χ3v) is 4.90. The normalized spacial score (nSPS) is 13.2. The molecule has 20 heavy (non-hydrogen) atoms. The van der Waals surface area contributed by atoms with Crippen LogP contribution in [0, 0.1) is 13.8 Å². The van der Waals surface area contributed by atoms with E-state index in [9.17, 15) is 13.2 Å². The lowest BCUT2D eigenvalue weighted by molar-refractivity contribution is -0.139. The van der Waals surface area contributed by atoms with E-state index in [0.29, 0.717) is 17.5 Å². The number of benzene rings is 1.